The lowest BCUT2D eigenvalue weighted by atomic mass is 9.82. The highest BCUT2D eigenvalue weighted by atomic mass is 16.7. The topological polar surface area (TPSA) is 342 Å². The summed E-state index contributed by atoms with van der Waals surface area (Å²) >= 11 is 0. The minimum atomic E-state index is -1.95. The van der Waals surface area contributed by atoms with Crippen LogP contribution in [0.5, 0.6) is 0 Å². The molecule has 2 heterocycles. The van der Waals surface area contributed by atoms with E-state index in [1.807, 2.05) is 0 Å². The predicted molar refractivity (Wildman–Crippen MR) is 275 cm³/mol. The largest absolute Gasteiger partial charge is 0.466 e. The van der Waals surface area contributed by atoms with Crippen LogP contribution >= 0.6 is 0 Å². The average molecular weight is 1100 g/mol. The zero-order valence-electron chi connectivity index (χ0n) is 47.9. The Hall–Kier alpha value is -4.96. The van der Waals surface area contributed by atoms with Gasteiger partial charge in [0.15, 0.2) is 6.29 Å². The number of ether oxygens (including phenoxy) is 9. The van der Waals surface area contributed by atoms with Gasteiger partial charge in [-0.25, -0.2) is 24.0 Å². The van der Waals surface area contributed by atoms with Gasteiger partial charge in [-0.15, -0.1) is 0 Å². The van der Waals surface area contributed by atoms with Gasteiger partial charge in [-0.05, 0) is 143 Å². The molecule has 10 N–H and O–H groups in total. The van der Waals surface area contributed by atoms with Crippen LogP contribution in [-0.4, -0.2) is 201 Å². The molecule has 2 aliphatic heterocycles. The Bertz CT molecular complexity index is 2090. The predicted octanol–water partition coefficient (Wildman–Crippen LogP) is 2.66. The van der Waals surface area contributed by atoms with Crippen molar-refractivity contribution in [2.45, 2.75) is 243 Å². The number of hydrogen-bond donors (Lipinski definition) is 10. The number of hydrogen-bond acceptors (Lipinski definition) is 20. The minimum absolute atomic E-state index is 0.0949. The number of carbonyl (C=O) groups is 6. The van der Waals surface area contributed by atoms with Crippen molar-refractivity contribution in [3.05, 3.63) is 11.8 Å². The highest BCUT2D eigenvalue weighted by Gasteiger charge is 2.55. The van der Waals surface area contributed by atoms with Crippen LogP contribution in [0.1, 0.15) is 136 Å². The molecule has 3 fully saturated rings. The van der Waals surface area contributed by atoms with E-state index in [2.05, 4.69) is 31.9 Å². The number of alkyl carbamates (subject to hydrolysis) is 4. The molecule has 0 unspecified atom stereocenters. The van der Waals surface area contributed by atoms with Crippen molar-refractivity contribution < 1.29 is 91.8 Å². The third kappa shape index (κ3) is 21.0. The van der Waals surface area contributed by atoms with Gasteiger partial charge in [0.1, 0.15) is 69.9 Å². The summed E-state index contributed by atoms with van der Waals surface area (Å²) < 4.78 is 52.8. The number of aliphatic hydroxyl groups is 4. The lowest BCUT2D eigenvalue weighted by Gasteiger charge is -2.50. The third-order valence-electron chi connectivity index (χ3n) is 11.9. The zero-order valence-corrected chi connectivity index (χ0v) is 47.9. The van der Waals surface area contributed by atoms with E-state index in [1.165, 1.54) is 14.0 Å². The van der Waals surface area contributed by atoms with Gasteiger partial charge in [0.05, 0.1) is 49.4 Å². The molecule has 77 heavy (non-hydrogen) atoms. The van der Waals surface area contributed by atoms with E-state index in [-0.39, 0.29) is 19.4 Å². The van der Waals surface area contributed by atoms with Gasteiger partial charge in [-0.2, -0.15) is 0 Å². The summed E-state index contributed by atoms with van der Waals surface area (Å²) in [5.41, 5.74) is -6.99. The molecule has 0 radical (unpaired) electrons. The van der Waals surface area contributed by atoms with E-state index >= 15 is 0 Å². The number of nitrogens with zero attached hydrogens (tertiary/aromatic N) is 1. The van der Waals surface area contributed by atoms with E-state index < -0.39 is 156 Å². The molecule has 26 nitrogen and oxygen atoms in total. The fraction of sp³-hybridized carbons (Fsp3) is 0.843. The van der Waals surface area contributed by atoms with Crippen LogP contribution in [0.2, 0.25) is 0 Å². The molecule has 12 atom stereocenters. The Morgan fingerprint density at radius 1 is 0.688 bits per heavy atom. The van der Waals surface area contributed by atoms with E-state index in [0.717, 1.165) is 4.90 Å². The van der Waals surface area contributed by atoms with Crippen molar-refractivity contribution in [2.75, 3.05) is 33.3 Å². The van der Waals surface area contributed by atoms with Crippen LogP contribution in [0, 0.1) is 0 Å². The molecule has 4 rings (SSSR count). The fourth-order valence-corrected chi connectivity index (χ4v) is 8.55. The van der Waals surface area contributed by atoms with Crippen molar-refractivity contribution >= 4 is 36.4 Å². The molecule has 4 aliphatic rings. The third-order valence-corrected chi connectivity index (χ3v) is 11.9. The second-order valence-corrected chi connectivity index (χ2v) is 25.4. The molecule has 0 spiro atoms. The smallest absolute Gasteiger partial charge is 0.410 e. The Kier molecular flexibility index (Phi) is 21.0. The van der Waals surface area contributed by atoms with Crippen molar-refractivity contribution in [3.8, 4) is 0 Å². The lowest BCUT2D eigenvalue weighted by Crippen LogP contribution is -2.71. The number of amides is 6. The van der Waals surface area contributed by atoms with Crippen molar-refractivity contribution in [2.24, 2.45) is 0 Å². The maximum absolute atomic E-state index is 13.9. The highest BCUT2D eigenvalue weighted by molar-refractivity contribution is 5.82. The number of rotatable bonds is 16. The zero-order chi connectivity index (χ0) is 58.4. The van der Waals surface area contributed by atoms with Crippen LogP contribution in [0.3, 0.4) is 0 Å². The first-order valence-electron chi connectivity index (χ1n) is 26.0. The molecule has 6 amide bonds. The molecule has 1 saturated heterocycles. The van der Waals surface area contributed by atoms with E-state index in [1.54, 1.807) is 110 Å². The molecule has 2 aliphatic carbocycles. The quantitative estimate of drug-likeness (QED) is 0.0993. The molecule has 0 aromatic rings. The first-order chi connectivity index (χ1) is 35.0. The van der Waals surface area contributed by atoms with Gasteiger partial charge >= 0.3 is 30.5 Å². The summed E-state index contributed by atoms with van der Waals surface area (Å²) in [4.78, 5) is 80.4. The van der Waals surface area contributed by atoms with Crippen LogP contribution in [0.4, 0.5) is 24.0 Å². The van der Waals surface area contributed by atoms with Gasteiger partial charge in [0.2, 0.25) is 6.29 Å². The standard InChI is InChI=1S/C51H89N7O19/c1-45(2,3)73-40(63)53-24-31(59)37(62)54-29-22-30(56-42(65)75-47(7,8)9)35(32(60)34(29)72-39-33(61)36(50(16,68)26-69-39)58(17)44(67)77-49(13,14)15)71-38-28(55-41(64)74-46(4,5)6)19-18-27(70-38)23-52-25-51(20-21-51)57-43(66)76-48(10,11)12/h18,28-36,38-39,52,59-61,68H,19-26H2,1-17H3,(H,53,63)(H,54,62)(H,55,64)(H,56,65)(H,57,66)/t28-,29-,30+,31+,32-,33-,34+,35-,36-,38-,39-,50+/m1/s1. The first-order valence-corrected chi connectivity index (χ1v) is 26.0. The Labute approximate surface area is 452 Å². The van der Waals surface area contributed by atoms with Crippen molar-refractivity contribution in [1.29, 1.82) is 0 Å². The van der Waals surface area contributed by atoms with Crippen LogP contribution in [0.15, 0.2) is 11.8 Å². The second kappa shape index (κ2) is 25.0. The minimum Gasteiger partial charge on any atom is -0.466 e. The van der Waals surface area contributed by atoms with Gasteiger partial charge < -0.3 is 99.9 Å². The van der Waals surface area contributed by atoms with Crippen molar-refractivity contribution in [3.63, 3.8) is 0 Å². The molecule has 2 saturated carbocycles. The molecule has 26 heteroatoms. The fourth-order valence-electron chi connectivity index (χ4n) is 8.55. The number of nitrogens with one attached hydrogen (secondary N) is 6. The van der Waals surface area contributed by atoms with E-state index in [4.69, 9.17) is 42.6 Å². The average Bonchev–Trinajstić information content (AvgIpc) is 3.99. The van der Waals surface area contributed by atoms with Crippen LogP contribution in [-0.2, 0) is 47.4 Å². The molecule has 0 bridgehead atoms. The summed E-state index contributed by atoms with van der Waals surface area (Å²) in [5.74, 6) is -0.739. The molecule has 442 valence electrons. The van der Waals surface area contributed by atoms with Gasteiger partial charge in [0.25, 0.3) is 5.91 Å². The summed E-state index contributed by atoms with van der Waals surface area (Å²) in [5, 5.41) is 63.9. The number of carbonyl (C=O) groups excluding carboxylic acids is 6. The number of aliphatic hydroxyl groups excluding tert-OH is 3. The summed E-state index contributed by atoms with van der Waals surface area (Å²) in [7, 11) is 1.30. The molecular weight excluding hydrogens is 1010 g/mol. The normalized spacial score (nSPS) is 28.9. The summed E-state index contributed by atoms with van der Waals surface area (Å²) in [6, 6.07) is -5.17. The maximum Gasteiger partial charge on any atom is 0.410 e. The monoisotopic (exact) mass is 1100 g/mol. The summed E-state index contributed by atoms with van der Waals surface area (Å²) in [6.45, 7) is 25.6. The van der Waals surface area contributed by atoms with E-state index in [9.17, 15) is 49.2 Å². The maximum atomic E-state index is 13.9. The van der Waals surface area contributed by atoms with Crippen LogP contribution in [0.25, 0.3) is 0 Å². The molecule has 0 aromatic heterocycles. The Morgan fingerprint density at radius 2 is 1.17 bits per heavy atom. The van der Waals surface area contributed by atoms with Crippen molar-refractivity contribution in [1.82, 2.24) is 36.8 Å². The molecule has 0 aromatic carbocycles. The highest BCUT2D eigenvalue weighted by Crippen LogP contribution is 2.37. The van der Waals surface area contributed by atoms with Gasteiger partial charge in [-0.1, -0.05) is 0 Å². The molecular formula is C51H89N7O19. The van der Waals surface area contributed by atoms with Crippen LogP contribution < -0.4 is 31.9 Å². The van der Waals surface area contributed by atoms with E-state index in [0.29, 0.717) is 25.1 Å². The first kappa shape index (κ1) is 64.6. The van der Waals surface area contributed by atoms with Gasteiger partial charge in [0, 0.05) is 13.6 Å². The SMILES string of the molecule is CN(C(=O)OC(C)(C)C)[C@@H]1[C@@H](O)[C@@H](O[C@@H]2[C@@H](O)[C@H](O[C@H]3OC(CNCC4(NC(=O)OC(C)(C)C)CC4)=CC[C@H]3NC(=O)OC(C)(C)C)[C@@H](NC(=O)OC(C)(C)C)C[C@H]2NC(=O)[C@@H](O)CNC(=O)OC(C)(C)C)OC[C@]1(C)O. The van der Waals surface area contributed by atoms with Gasteiger partial charge in [-0.3, -0.25) is 4.79 Å². The Balaban J connectivity index is 1.74. The number of likely N-dealkylation sites (N-methyl/N-ethyl adjacent to an activating group) is 1. The Morgan fingerprint density at radius 3 is 1.69 bits per heavy atom. The lowest BCUT2D eigenvalue weighted by molar-refractivity contribution is -0.311. The second-order valence-electron chi connectivity index (χ2n) is 25.4. The summed E-state index contributed by atoms with van der Waals surface area (Å²) in [6.07, 6.45) is -13.6.